The summed E-state index contributed by atoms with van der Waals surface area (Å²) in [5, 5.41) is 9.09. The van der Waals surface area contributed by atoms with E-state index in [2.05, 4.69) is 4.74 Å². The molecule has 0 amide bonds. The quantitative estimate of drug-likeness (QED) is 0.920. The van der Waals surface area contributed by atoms with Crippen LogP contribution in [0.25, 0.3) is 0 Å². The summed E-state index contributed by atoms with van der Waals surface area (Å²) in [6.45, 7) is 2.27. The molecular formula is C12H12F3NO3. The third-order valence-corrected chi connectivity index (χ3v) is 3.01. The molecule has 19 heavy (non-hydrogen) atoms. The van der Waals surface area contributed by atoms with Gasteiger partial charge in [0, 0.05) is 18.7 Å². The molecule has 1 aliphatic rings. The zero-order valence-corrected chi connectivity index (χ0v) is 10.1. The molecule has 4 nitrogen and oxygen atoms in total. The van der Waals surface area contributed by atoms with Gasteiger partial charge in [-0.15, -0.1) is 13.2 Å². The van der Waals surface area contributed by atoms with Crippen LogP contribution in [0.15, 0.2) is 18.2 Å². The molecule has 1 unspecified atom stereocenters. The Bertz CT molecular complexity index is 501. The molecule has 2 rings (SSSR count). The van der Waals surface area contributed by atoms with Crippen molar-refractivity contribution in [3.8, 4) is 5.75 Å². The predicted octanol–water partition coefficient (Wildman–Crippen LogP) is 2.42. The van der Waals surface area contributed by atoms with Crippen LogP contribution >= 0.6 is 0 Å². The third kappa shape index (κ3) is 2.74. The van der Waals surface area contributed by atoms with Gasteiger partial charge in [0.25, 0.3) is 0 Å². The number of nitrogens with zero attached hydrogens (tertiary/aromatic N) is 1. The number of hydrogen-bond donors (Lipinski definition) is 1. The maximum absolute atomic E-state index is 12.1. The van der Waals surface area contributed by atoms with E-state index in [0.717, 1.165) is 0 Å². The maximum Gasteiger partial charge on any atom is 0.573 e. The second-order valence-corrected chi connectivity index (χ2v) is 4.18. The molecule has 1 N–H and O–H groups in total. The lowest BCUT2D eigenvalue weighted by atomic mass is 10.1. The van der Waals surface area contributed by atoms with Gasteiger partial charge in [-0.1, -0.05) is 0 Å². The highest BCUT2D eigenvalue weighted by molar-refractivity contribution is 5.82. The van der Waals surface area contributed by atoms with Crippen LogP contribution < -0.4 is 9.64 Å². The minimum absolute atomic E-state index is 0.174. The van der Waals surface area contributed by atoms with Crippen LogP contribution in [0.5, 0.6) is 5.75 Å². The number of rotatable bonds is 3. The first-order valence-electron chi connectivity index (χ1n) is 5.70. The van der Waals surface area contributed by atoms with Gasteiger partial charge < -0.3 is 14.7 Å². The van der Waals surface area contributed by atoms with Crippen molar-refractivity contribution in [2.24, 2.45) is 0 Å². The Morgan fingerprint density at radius 2 is 2.21 bits per heavy atom. The number of carbonyl (C=O) groups is 1. The smallest absolute Gasteiger partial charge is 0.480 e. The van der Waals surface area contributed by atoms with Crippen molar-refractivity contribution in [3.05, 3.63) is 23.8 Å². The molecular weight excluding hydrogens is 263 g/mol. The van der Waals surface area contributed by atoms with Gasteiger partial charge in [-0.2, -0.15) is 0 Å². The Labute approximate surface area is 107 Å². The topological polar surface area (TPSA) is 49.8 Å². The lowest BCUT2D eigenvalue weighted by Gasteiger charge is -2.22. The van der Waals surface area contributed by atoms with E-state index in [1.807, 2.05) is 0 Å². The molecule has 0 bridgehead atoms. The average Bonchev–Trinajstić information content (AvgIpc) is 2.64. The average molecular weight is 275 g/mol. The monoisotopic (exact) mass is 275 g/mol. The summed E-state index contributed by atoms with van der Waals surface area (Å²) in [5.74, 6) is -1.32. The van der Waals surface area contributed by atoms with E-state index in [-0.39, 0.29) is 12.2 Å². The second kappa shape index (κ2) is 4.64. The lowest BCUT2D eigenvalue weighted by Crippen LogP contribution is -2.38. The largest absolute Gasteiger partial charge is 0.573 e. The fourth-order valence-corrected chi connectivity index (χ4v) is 2.30. The number of carboxylic acids is 1. The van der Waals surface area contributed by atoms with Gasteiger partial charge in [0.15, 0.2) is 0 Å². The van der Waals surface area contributed by atoms with Gasteiger partial charge in [-0.25, -0.2) is 4.79 Å². The molecule has 0 aliphatic carbocycles. The zero-order valence-electron chi connectivity index (χ0n) is 10.1. The fraction of sp³-hybridized carbons (Fsp3) is 0.417. The number of benzene rings is 1. The Kier molecular flexibility index (Phi) is 3.30. The van der Waals surface area contributed by atoms with Gasteiger partial charge in [-0.05, 0) is 30.7 Å². The van der Waals surface area contributed by atoms with Crippen molar-refractivity contribution < 1.29 is 27.8 Å². The number of ether oxygens (including phenoxy) is 1. The highest BCUT2D eigenvalue weighted by Gasteiger charge is 2.35. The number of halogens is 3. The minimum Gasteiger partial charge on any atom is -0.480 e. The molecule has 0 radical (unpaired) electrons. The van der Waals surface area contributed by atoms with Crippen molar-refractivity contribution in [3.63, 3.8) is 0 Å². The van der Waals surface area contributed by atoms with Gasteiger partial charge in [-0.3, -0.25) is 0 Å². The molecule has 104 valence electrons. The van der Waals surface area contributed by atoms with E-state index < -0.39 is 18.4 Å². The van der Waals surface area contributed by atoms with Crippen molar-refractivity contribution in [1.29, 1.82) is 0 Å². The molecule has 1 aliphatic heterocycles. The number of likely N-dealkylation sites (N-methyl/N-ethyl adjacent to an activating group) is 1. The molecule has 1 heterocycles. The van der Waals surface area contributed by atoms with Crippen LogP contribution in [0, 0.1) is 0 Å². The molecule has 1 aromatic rings. The number of alkyl halides is 3. The van der Waals surface area contributed by atoms with Gasteiger partial charge in [0.1, 0.15) is 11.8 Å². The first kappa shape index (κ1) is 13.5. The van der Waals surface area contributed by atoms with E-state index in [4.69, 9.17) is 5.11 Å². The van der Waals surface area contributed by atoms with E-state index in [1.165, 1.54) is 18.2 Å². The van der Waals surface area contributed by atoms with Crippen molar-refractivity contribution in [1.82, 2.24) is 0 Å². The van der Waals surface area contributed by atoms with Gasteiger partial charge in [0.05, 0.1) is 0 Å². The molecule has 0 fully saturated rings. The number of carboxylic acid groups (broad SMARTS) is 1. The first-order chi connectivity index (χ1) is 8.81. The first-order valence-corrected chi connectivity index (χ1v) is 5.70. The van der Waals surface area contributed by atoms with Crippen LogP contribution in [0.4, 0.5) is 18.9 Å². The standard InChI is InChI=1S/C12H12F3NO3/c1-2-16-9-4-3-8(19-12(13,14)15)5-7(9)6-10(16)11(17)18/h3-5,10H,2,6H2,1H3,(H,17,18). The number of anilines is 1. The third-order valence-electron chi connectivity index (χ3n) is 3.01. The Morgan fingerprint density at radius 1 is 1.53 bits per heavy atom. The molecule has 0 aromatic heterocycles. The number of fused-ring (bicyclic) bond motifs is 1. The molecule has 7 heteroatoms. The summed E-state index contributed by atoms with van der Waals surface area (Å²) < 4.78 is 40.2. The summed E-state index contributed by atoms with van der Waals surface area (Å²) in [6.07, 6.45) is -4.57. The van der Waals surface area contributed by atoms with E-state index in [0.29, 0.717) is 17.8 Å². The van der Waals surface area contributed by atoms with Crippen LogP contribution in [-0.2, 0) is 11.2 Å². The maximum atomic E-state index is 12.1. The Balaban J connectivity index is 2.29. The van der Waals surface area contributed by atoms with Crippen molar-refractivity contribution in [2.75, 3.05) is 11.4 Å². The Hall–Kier alpha value is -1.92. The summed E-state index contributed by atoms with van der Waals surface area (Å²) in [6, 6.07) is 3.16. The molecule has 0 spiro atoms. The number of hydrogen-bond acceptors (Lipinski definition) is 3. The van der Waals surface area contributed by atoms with Crippen LogP contribution in [0.2, 0.25) is 0 Å². The van der Waals surface area contributed by atoms with E-state index >= 15 is 0 Å². The van der Waals surface area contributed by atoms with Crippen LogP contribution in [0.3, 0.4) is 0 Å². The van der Waals surface area contributed by atoms with Gasteiger partial charge >= 0.3 is 12.3 Å². The van der Waals surface area contributed by atoms with Crippen molar-refractivity contribution >= 4 is 11.7 Å². The Morgan fingerprint density at radius 3 is 2.74 bits per heavy atom. The van der Waals surface area contributed by atoms with E-state index in [9.17, 15) is 18.0 Å². The molecule has 1 aromatic carbocycles. The summed E-state index contributed by atoms with van der Waals surface area (Å²) in [7, 11) is 0. The van der Waals surface area contributed by atoms with Gasteiger partial charge in [0.2, 0.25) is 0 Å². The summed E-state index contributed by atoms with van der Waals surface area (Å²) in [4.78, 5) is 12.7. The normalized spacial score (nSPS) is 18.3. The fourth-order valence-electron chi connectivity index (χ4n) is 2.30. The van der Waals surface area contributed by atoms with Crippen molar-refractivity contribution in [2.45, 2.75) is 25.7 Å². The molecule has 0 saturated heterocycles. The minimum atomic E-state index is -4.75. The lowest BCUT2D eigenvalue weighted by molar-refractivity contribution is -0.274. The highest BCUT2D eigenvalue weighted by Crippen LogP contribution is 2.36. The van der Waals surface area contributed by atoms with Crippen LogP contribution in [-0.4, -0.2) is 30.0 Å². The molecule has 1 atom stereocenters. The SMILES string of the molecule is CCN1c2ccc(OC(F)(F)F)cc2CC1C(=O)O. The second-order valence-electron chi connectivity index (χ2n) is 4.18. The van der Waals surface area contributed by atoms with E-state index in [1.54, 1.807) is 11.8 Å². The predicted molar refractivity (Wildman–Crippen MR) is 61.3 cm³/mol. The van der Waals surface area contributed by atoms with Crippen LogP contribution in [0.1, 0.15) is 12.5 Å². The molecule has 0 saturated carbocycles. The summed E-state index contributed by atoms with van der Waals surface area (Å²) >= 11 is 0. The highest BCUT2D eigenvalue weighted by atomic mass is 19.4. The number of aliphatic carboxylic acids is 1. The zero-order chi connectivity index (χ0) is 14.2. The summed E-state index contributed by atoms with van der Waals surface area (Å²) in [5.41, 5.74) is 1.19.